The Bertz CT molecular complexity index is 479. The number of halogens is 1. The summed E-state index contributed by atoms with van der Waals surface area (Å²) in [6, 6.07) is 5.78. The van der Waals surface area contributed by atoms with Gasteiger partial charge >= 0.3 is 0 Å². The zero-order valence-corrected chi connectivity index (χ0v) is 9.96. The topological polar surface area (TPSA) is 17.8 Å². The van der Waals surface area contributed by atoms with Gasteiger partial charge in [-0.25, -0.2) is 0 Å². The lowest BCUT2D eigenvalue weighted by atomic mass is 10.1. The normalized spacial score (nSPS) is 10.6. The summed E-state index contributed by atoms with van der Waals surface area (Å²) in [7, 11) is 0. The average molecular weight is 239 g/mol. The van der Waals surface area contributed by atoms with Crippen molar-refractivity contribution in [3.63, 3.8) is 0 Å². The van der Waals surface area contributed by atoms with E-state index in [2.05, 4.69) is 17.7 Å². The summed E-state index contributed by atoms with van der Waals surface area (Å²) in [5.74, 6) is 0. The molecule has 1 heterocycles. The standard InChI is InChI=1S/C11H11ClN2S/c1-2-14-7-8(6-13-14)9-4-3-5-10(15)11(9)12/h3-7,15H,2H2,1H3. The van der Waals surface area contributed by atoms with Gasteiger partial charge in [-0.15, -0.1) is 12.6 Å². The van der Waals surface area contributed by atoms with Gasteiger partial charge in [-0.1, -0.05) is 23.7 Å². The third-order valence-electron chi connectivity index (χ3n) is 2.25. The smallest absolute Gasteiger partial charge is 0.0618 e. The molecule has 0 aliphatic rings. The van der Waals surface area contributed by atoms with Gasteiger partial charge in [0.25, 0.3) is 0 Å². The van der Waals surface area contributed by atoms with Crippen LogP contribution in [0.3, 0.4) is 0 Å². The van der Waals surface area contributed by atoms with Crippen molar-refractivity contribution < 1.29 is 0 Å². The first-order chi connectivity index (χ1) is 7.22. The van der Waals surface area contributed by atoms with Crippen molar-refractivity contribution in [3.05, 3.63) is 35.6 Å². The molecule has 0 aliphatic carbocycles. The number of rotatable bonds is 2. The Hall–Kier alpha value is -0.930. The zero-order chi connectivity index (χ0) is 10.8. The minimum Gasteiger partial charge on any atom is -0.272 e. The molecule has 2 aromatic rings. The summed E-state index contributed by atoms with van der Waals surface area (Å²) >= 11 is 10.5. The molecule has 0 fully saturated rings. The molecule has 0 atom stereocenters. The van der Waals surface area contributed by atoms with E-state index in [0.29, 0.717) is 5.02 Å². The van der Waals surface area contributed by atoms with Crippen LogP contribution < -0.4 is 0 Å². The Morgan fingerprint density at radius 3 is 2.93 bits per heavy atom. The summed E-state index contributed by atoms with van der Waals surface area (Å²) in [6.45, 7) is 2.91. The minimum atomic E-state index is 0.677. The average Bonchev–Trinajstić information content (AvgIpc) is 2.70. The lowest BCUT2D eigenvalue weighted by Gasteiger charge is -2.02. The van der Waals surface area contributed by atoms with E-state index in [0.717, 1.165) is 22.6 Å². The molecule has 2 rings (SSSR count). The molecule has 0 bridgehead atoms. The molecule has 0 spiro atoms. The molecule has 15 heavy (non-hydrogen) atoms. The fraction of sp³-hybridized carbons (Fsp3) is 0.182. The van der Waals surface area contributed by atoms with Crippen molar-refractivity contribution in [2.75, 3.05) is 0 Å². The molecule has 0 saturated carbocycles. The van der Waals surface area contributed by atoms with Gasteiger partial charge in [-0.05, 0) is 13.0 Å². The van der Waals surface area contributed by atoms with E-state index in [9.17, 15) is 0 Å². The van der Waals surface area contributed by atoms with Crippen molar-refractivity contribution >= 4 is 24.2 Å². The van der Waals surface area contributed by atoms with Gasteiger partial charge in [-0.3, -0.25) is 4.68 Å². The Morgan fingerprint density at radius 1 is 1.47 bits per heavy atom. The van der Waals surface area contributed by atoms with Gasteiger partial charge in [0.2, 0.25) is 0 Å². The van der Waals surface area contributed by atoms with Crippen LogP contribution >= 0.6 is 24.2 Å². The van der Waals surface area contributed by atoms with Crippen molar-refractivity contribution in [2.24, 2.45) is 0 Å². The Morgan fingerprint density at radius 2 is 2.27 bits per heavy atom. The first-order valence-corrected chi connectivity index (χ1v) is 5.55. The van der Waals surface area contributed by atoms with Crippen LogP contribution in [0.4, 0.5) is 0 Å². The van der Waals surface area contributed by atoms with Crippen LogP contribution in [-0.2, 0) is 6.54 Å². The number of hydrogen-bond donors (Lipinski definition) is 1. The molecule has 0 saturated heterocycles. The molecule has 1 aromatic heterocycles. The van der Waals surface area contributed by atoms with Gasteiger partial charge in [0, 0.05) is 28.8 Å². The summed E-state index contributed by atoms with van der Waals surface area (Å²) in [5.41, 5.74) is 2.00. The predicted molar refractivity (Wildman–Crippen MR) is 65.6 cm³/mol. The maximum atomic E-state index is 6.17. The van der Waals surface area contributed by atoms with Crippen LogP contribution in [0.1, 0.15) is 6.92 Å². The fourth-order valence-corrected chi connectivity index (χ4v) is 1.86. The van der Waals surface area contributed by atoms with E-state index in [1.165, 1.54) is 0 Å². The van der Waals surface area contributed by atoms with E-state index < -0.39 is 0 Å². The van der Waals surface area contributed by atoms with Crippen LogP contribution in [-0.4, -0.2) is 9.78 Å². The van der Waals surface area contributed by atoms with E-state index in [1.54, 1.807) is 0 Å². The van der Waals surface area contributed by atoms with Gasteiger partial charge in [0.15, 0.2) is 0 Å². The number of thiol groups is 1. The summed E-state index contributed by atoms with van der Waals surface area (Å²) in [5, 5.41) is 4.89. The zero-order valence-electron chi connectivity index (χ0n) is 8.31. The first-order valence-electron chi connectivity index (χ1n) is 4.72. The predicted octanol–water partition coefficient (Wildman–Crippen LogP) is 3.51. The van der Waals surface area contributed by atoms with Crippen LogP contribution in [0.2, 0.25) is 5.02 Å². The lowest BCUT2D eigenvalue weighted by Crippen LogP contribution is -1.92. The molecule has 0 aliphatic heterocycles. The van der Waals surface area contributed by atoms with Gasteiger partial charge in [0.1, 0.15) is 0 Å². The highest BCUT2D eigenvalue weighted by Crippen LogP contribution is 2.31. The molecule has 78 valence electrons. The first kappa shape index (κ1) is 10.6. The Kier molecular flexibility index (Phi) is 3.03. The summed E-state index contributed by atoms with van der Waals surface area (Å²) in [4.78, 5) is 0.790. The number of nitrogens with zero attached hydrogens (tertiary/aromatic N) is 2. The largest absolute Gasteiger partial charge is 0.272 e. The number of hydrogen-bond acceptors (Lipinski definition) is 2. The third kappa shape index (κ3) is 2.03. The molecule has 0 amide bonds. The number of aromatic nitrogens is 2. The highest BCUT2D eigenvalue weighted by molar-refractivity contribution is 7.80. The molecule has 0 N–H and O–H groups in total. The molecule has 1 aromatic carbocycles. The Balaban J connectivity index is 2.49. The second-order valence-electron chi connectivity index (χ2n) is 3.22. The van der Waals surface area contributed by atoms with Gasteiger partial charge < -0.3 is 0 Å². The van der Waals surface area contributed by atoms with E-state index in [1.807, 2.05) is 42.2 Å². The van der Waals surface area contributed by atoms with Crippen LogP contribution in [0.5, 0.6) is 0 Å². The van der Waals surface area contributed by atoms with Crippen LogP contribution in [0.25, 0.3) is 11.1 Å². The monoisotopic (exact) mass is 238 g/mol. The SMILES string of the molecule is CCn1cc(-c2cccc(S)c2Cl)cn1. The third-order valence-corrected chi connectivity index (χ3v) is 3.16. The number of aryl methyl sites for hydroxylation is 1. The molecule has 2 nitrogen and oxygen atoms in total. The van der Waals surface area contributed by atoms with Gasteiger partial charge in [0.05, 0.1) is 11.2 Å². The molecule has 0 unspecified atom stereocenters. The molecular weight excluding hydrogens is 228 g/mol. The van der Waals surface area contributed by atoms with Gasteiger partial charge in [-0.2, -0.15) is 5.10 Å². The maximum Gasteiger partial charge on any atom is 0.0618 e. The van der Waals surface area contributed by atoms with Crippen molar-refractivity contribution in [1.82, 2.24) is 9.78 Å². The minimum absolute atomic E-state index is 0.677. The summed E-state index contributed by atoms with van der Waals surface area (Å²) in [6.07, 6.45) is 3.80. The number of benzene rings is 1. The quantitative estimate of drug-likeness (QED) is 0.793. The Labute approximate surface area is 99.3 Å². The summed E-state index contributed by atoms with van der Waals surface area (Å²) < 4.78 is 1.87. The highest BCUT2D eigenvalue weighted by Gasteiger charge is 2.07. The van der Waals surface area contributed by atoms with Crippen molar-refractivity contribution in [3.8, 4) is 11.1 Å². The van der Waals surface area contributed by atoms with E-state index in [-0.39, 0.29) is 0 Å². The van der Waals surface area contributed by atoms with E-state index >= 15 is 0 Å². The lowest BCUT2D eigenvalue weighted by molar-refractivity contribution is 0.660. The van der Waals surface area contributed by atoms with E-state index in [4.69, 9.17) is 11.6 Å². The molecule has 4 heteroatoms. The van der Waals surface area contributed by atoms with Crippen LogP contribution in [0.15, 0.2) is 35.5 Å². The van der Waals surface area contributed by atoms with Crippen molar-refractivity contribution in [2.45, 2.75) is 18.4 Å². The maximum absolute atomic E-state index is 6.17. The van der Waals surface area contributed by atoms with Crippen LogP contribution in [0, 0.1) is 0 Å². The fourth-order valence-electron chi connectivity index (χ4n) is 1.42. The molecule has 0 radical (unpaired) electrons. The van der Waals surface area contributed by atoms with Crippen molar-refractivity contribution in [1.29, 1.82) is 0 Å². The second-order valence-corrected chi connectivity index (χ2v) is 4.08. The molecular formula is C11H11ClN2S. The highest BCUT2D eigenvalue weighted by atomic mass is 35.5. The second kappa shape index (κ2) is 4.29.